The Morgan fingerprint density at radius 3 is 2.13 bits per heavy atom. The second-order valence-electron chi connectivity index (χ2n) is 13.2. The molecule has 2 aliphatic carbocycles. The number of nitrogens with zero attached hydrogens (tertiary/aromatic N) is 2. The van der Waals surface area contributed by atoms with Crippen LogP contribution in [0.4, 0.5) is 4.79 Å². The summed E-state index contributed by atoms with van der Waals surface area (Å²) in [6.07, 6.45) is 0.0529. The predicted octanol–water partition coefficient (Wildman–Crippen LogP) is 4.03. The summed E-state index contributed by atoms with van der Waals surface area (Å²) in [7, 11) is 0. The van der Waals surface area contributed by atoms with Crippen molar-refractivity contribution in [3.8, 4) is 11.1 Å². The Labute approximate surface area is 267 Å². The molecule has 3 aliphatic rings. The zero-order chi connectivity index (χ0) is 33.4. The van der Waals surface area contributed by atoms with Gasteiger partial charge in [-0.25, -0.2) is 9.59 Å². The number of carboxylic acid groups (broad SMARTS) is 1. The van der Waals surface area contributed by atoms with Gasteiger partial charge in [-0.05, 0) is 44.2 Å². The third-order valence-electron chi connectivity index (χ3n) is 8.41. The zero-order valence-electron chi connectivity index (χ0n) is 26.6. The van der Waals surface area contributed by atoms with Crippen LogP contribution in [0.1, 0.15) is 58.6 Å². The fraction of sp³-hybridized carbons (Fsp3) is 0.441. The highest BCUT2D eigenvalue weighted by molar-refractivity contribution is 6.24. The number of carbonyl (C=O) groups excluding carboxylic acids is 3. The van der Waals surface area contributed by atoms with E-state index in [-0.39, 0.29) is 25.3 Å². The van der Waals surface area contributed by atoms with E-state index in [9.17, 15) is 24.3 Å². The molecule has 12 nitrogen and oxygen atoms in total. The van der Waals surface area contributed by atoms with Gasteiger partial charge in [0.15, 0.2) is 0 Å². The molecule has 1 heterocycles. The molecule has 5 atom stereocenters. The highest BCUT2D eigenvalue weighted by Crippen LogP contribution is 2.45. The molecule has 2 fully saturated rings. The van der Waals surface area contributed by atoms with Gasteiger partial charge in [-0.2, -0.15) is 0 Å². The molecular weight excluding hydrogens is 592 g/mol. The SMILES string of the molecule is C=C[C@@H]1C[C@@]1(NC(=O)[C@@H]1C[C@@H](ON=C2c3ccccc3-c3ccccc32)CN1C(=O)[C@H](NOC(=O)OC(C)(C)C)C(C)C)C(=O)O. The Morgan fingerprint density at radius 2 is 1.63 bits per heavy atom. The number of ether oxygens (including phenoxy) is 1. The number of hydroxylamine groups is 1. The van der Waals surface area contributed by atoms with Crippen LogP contribution >= 0.6 is 0 Å². The second-order valence-corrected chi connectivity index (χ2v) is 13.2. The standard InChI is InChI=1S/C34H40N4O8/c1-7-20-17-34(20,31(41)42)35-29(39)26-16-21(18-38(26)30(40)27(19(2)3)36-46-32(43)44-33(4,5)6)45-37-28-24-14-10-8-12-22(24)23-13-9-11-15-25(23)28/h7-15,19-21,26-27,36H,1,16-18H2,2-6H3,(H,35,39)(H,41,42)/t20-,21-,26+,27-,34+/m1/s1. The lowest BCUT2D eigenvalue weighted by Gasteiger charge is -2.30. The fourth-order valence-electron chi connectivity index (χ4n) is 5.94. The van der Waals surface area contributed by atoms with Gasteiger partial charge >= 0.3 is 12.1 Å². The third kappa shape index (κ3) is 6.48. The molecule has 0 bridgehead atoms. The minimum atomic E-state index is -1.49. The quantitative estimate of drug-likeness (QED) is 0.171. The zero-order valence-corrected chi connectivity index (χ0v) is 26.6. The van der Waals surface area contributed by atoms with Gasteiger partial charge in [0.05, 0.1) is 6.54 Å². The fourth-order valence-corrected chi connectivity index (χ4v) is 5.94. The van der Waals surface area contributed by atoms with E-state index < -0.39 is 59.2 Å². The van der Waals surface area contributed by atoms with E-state index in [0.29, 0.717) is 5.71 Å². The van der Waals surface area contributed by atoms with Gasteiger partial charge in [0.2, 0.25) is 11.8 Å². The molecule has 1 aliphatic heterocycles. The number of hydrogen-bond donors (Lipinski definition) is 3. The Morgan fingerprint density at radius 1 is 1.04 bits per heavy atom. The number of likely N-dealkylation sites (tertiary alicyclic amines) is 1. The van der Waals surface area contributed by atoms with Gasteiger partial charge in [0, 0.05) is 23.5 Å². The van der Waals surface area contributed by atoms with E-state index >= 15 is 0 Å². The maximum atomic E-state index is 14.0. The molecule has 0 radical (unpaired) electrons. The lowest BCUT2D eigenvalue weighted by atomic mass is 10.0. The molecule has 1 saturated heterocycles. The molecular formula is C34H40N4O8. The molecule has 244 valence electrons. The average molecular weight is 633 g/mol. The summed E-state index contributed by atoms with van der Waals surface area (Å²) < 4.78 is 5.17. The molecule has 0 spiro atoms. The number of carbonyl (C=O) groups is 4. The molecule has 12 heteroatoms. The summed E-state index contributed by atoms with van der Waals surface area (Å²) in [6, 6.07) is 13.6. The van der Waals surface area contributed by atoms with E-state index in [1.54, 1.807) is 34.6 Å². The number of rotatable bonds is 10. The second kappa shape index (κ2) is 12.6. The maximum absolute atomic E-state index is 14.0. The van der Waals surface area contributed by atoms with Crippen LogP contribution in [0.15, 0.2) is 66.3 Å². The molecule has 46 heavy (non-hydrogen) atoms. The Bertz CT molecular complexity index is 1530. The molecule has 2 amide bonds. The highest BCUT2D eigenvalue weighted by Gasteiger charge is 2.61. The Hall–Kier alpha value is -4.71. The first kappa shape index (κ1) is 32.7. The van der Waals surface area contributed by atoms with Crippen molar-refractivity contribution in [1.82, 2.24) is 15.7 Å². The van der Waals surface area contributed by atoms with E-state index in [2.05, 4.69) is 22.5 Å². The predicted molar refractivity (Wildman–Crippen MR) is 168 cm³/mol. The highest BCUT2D eigenvalue weighted by atomic mass is 16.8. The topological polar surface area (TPSA) is 156 Å². The average Bonchev–Trinajstić information content (AvgIpc) is 3.39. The summed E-state index contributed by atoms with van der Waals surface area (Å²) >= 11 is 0. The summed E-state index contributed by atoms with van der Waals surface area (Å²) in [5, 5.41) is 17.1. The largest absolute Gasteiger partial charge is 0.528 e. The Kier molecular flexibility index (Phi) is 8.94. The number of nitrogens with one attached hydrogen (secondary N) is 2. The van der Waals surface area contributed by atoms with Gasteiger partial charge in [-0.1, -0.05) is 73.6 Å². The van der Waals surface area contributed by atoms with Crippen LogP contribution in [-0.4, -0.2) is 75.5 Å². The third-order valence-corrected chi connectivity index (χ3v) is 8.41. The Balaban J connectivity index is 1.39. The number of aliphatic carboxylic acids is 1. The van der Waals surface area contributed by atoms with Gasteiger partial charge < -0.3 is 29.7 Å². The van der Waals surface area contributed by atoms with Crippen LogP contribution in [-0.2, 0) is 28.8 Å². The summed E-state index contributed by atoms with van der Waals surface area (Å²) in [5.74, 6) is -3.15. The van der Waals surface area contributed by atoms with Gasteiger partial charge in [-0.3, -0.25) is 9.59 Å². The monoisotopic (exact) mass is 632 g/mol. The molecule has 2 aromatic carbocycles. The van der Waals surface area contributed by atoms with Crippen LogP contribution in [0.2, 0.25) is 0 Å². The van der Waals surface area contributed by atoms with Gasteiger partial charge in [0.1, 0.15) is 35.0 Å². The van der Waals surface area contributed by atoms with Gasteiger partial charge in [-0.15, -0.1) is 12.1 Å². The number of benzene rings is 2. The number of hydrogen-bond acceptors (Lipinski definition) is 9. The first-order valence-corrected chi connectivity index (χ1v) is 15.3. The number of carboxylic acids is 1. The summed E-state index contributed by atoms with van der Waals surface area (Å²) in [5.41, 5.74) is 4.71. The van der Waals surface area contributed by atoms with Gasteiger partial charge in [0.25, 0.3) is 0 Å². The van der Waals surface area contributed by atoms with Crippen molar-refractivity contribution in [1.29, 1.82) is 0 Å². The van der Waals surface area contributed by atoms with E-state index in [0.717, 1.165) is 22.3 Å². The summed E-state index contributed by atoms with van der Waals surface area (Å²) in [4.78, 5) is 64.5. The first-order valence-electron chi connectivity index (χ1n) is 15.3. The van der Waals surface area contributed by atoms with Crippen molar-refractivity contribution in [3.05, 3.63) is 72.3 Å². The minimum Gasteiger partial charge on any atom is -0.479 e. The van der Waals surface area contributed by atoms with Crippen LogP contribution in [0.25, 0.3) is 11.1 Å². The number of oxime groups is 1. The lowest BCUT2D eigenvalue weighted by Crippen LogP contribution is -2.57. The molecule has 1 saturated carbocycles. The molecule has 0 unspecified atom stereocenters. The smallest absolute Gasteiger partial charge is 0.479 e. The number of amides is 2. The van der Waals surface area contributed by atoms with Crippen molar-refractivity contribution in [2.45, 2.75) is 76.8 Å². The summed E-state index contributed by atoms with van der Waals surface area (Å²) in [6.45, 7) is 12.2. The van der Waals surface area contributed by atoms with Crippen molar-refractivity contribution in [2.75, 3.05) is 6.54 Å². The van der Waals surface area contributed by atoms with Crippen molar-refractivity contribution in [3.63, 3.8) is 0 Å². The molecule has 0 aromatic heterocycles. The van der Waals surface area contributed by atoms with Crippen LogP contribution in [0.5, 0.6) is 0 Å². The van der Waals surface area contributed by atoms with Crippen LogP contribution in [0, 0.1) is 11.8 Å². The van der Waals surface area contributed by atoms with Crippen molar-refractivity contribution in [2.24, 2.45) is 17.0 Å². The molecule has 2 aromatic rings. The normalized spacial score (nSPS) is 23.6. The molecule has 3 N–H and O–H groups in total. The van der Waals surface area contributed by atoms with Crippen molar-refractivity contribution < 1.29 is 38.7 Å². The lowest BCUT2D eigenvalue weighted by molar-refractivity contribution is -0.147. The van der Waals surface area contributed by atoms with Crippen molar-refractivity contribution >= 4 is 29.7 Å². The van der Waals surface area contributed by atoms with Crippen LogP contribution < -0.4 is 10.8 Å². The minimum absolute atomic E-state index is 0.0146. The van der Waals surface area contributed by atoms with E-state index in [1.165, 1.54) is 11.0 Å². The number of fused-ring (bicyclic) bond motifs is 3. The first-order chi connectivity index (χ1) is 21.8. The van der Waals surface area contributed by atoms with Crippen LogP contribution in [0.3, 0.4) is 0 Å². The molecule has 5 rings (SSSR count). The van der Waals surface area contributed by atoms with E-state index in [1.807, 2.05) is 48.5 Å². The van der Waals surface area contributed by atoms with E-state index in [4.69, 9.17) is 14.4 Å². The maximum Gasteiger partial charge on any atom is 0.528 e.